The average molecular weight is 326 g/mol. The molecule has 1 N–H and O–H groups in total. The van der Waals surface area contributed by atoms with Crippen molar-refractivity contribution in [3.8, 4) is 5.75 Å². The first-order valence-electron chi connectivity index (χ1n) is 7.75. The SMILES string of the molecule is Cc1ccc2c(c1)C(NC(=O)c1cccc([N+](=O)[O-])c1C)CCO2. The maximum atomic E-state index is 12.6. The largest absolute Gasteiger partial charge is 0.493 e. The number of carbonyl (C=O) groups excluding carboxylic acids is 1. The first kappa shape index (κ1) is 16.0. The van der Waals surface area contributed by atoms with E-state index in [1.54, 1.807) is 13.0 Å². The lowest BCUT2D eigenvalue weighted by Gasteiger charge is -2.27. The van der Waals surface area contributed by atoms with Gasteiger partial charge in [0.1, 0.15) is 5.75 Å². The molecule has 24 heavy (non-hydrogen) atoms. The molecule has 0 spiro atoms. The lowest BCUT2D eigenvalue weighted by Crippen LogP contribution is -2.32. The van der Waals surface area contributed by atoms with Crippen LogP contribution in [0.2, 0.25) is 0 Å². The number of benzene rings is 2. The van der Waals surface area contributed by atoms with E-state index in [1.165, 1.54) is 12.1 Å². The summed E-state index contributed by atoms with van der Waals surface area (Å²) in [6.45, 7) is 4.10. The number of aryl methyl sites for hydroxylation is 1. The van der Waals surface area contributed by atoms with Crippen molar-refractivity contribution in [2.75, 3.05) is 6.61 Å². The Morgan fingerprint density at radius 1 is 1.29 bits per heavy atom. The Morgan fingerprint density at radius 2 is 2.08 bits per heavy atom. The number of nitro benzene ring substituents is 1. The Morgan fingerprint density at radius 3 is 2.83 bits per heavy atom. The van der Waals surface area contributed by atoms with Crippen LogP contribution in [0.4, 0.5) is 5.69 Å². The normalized spacial score (nSPS) is 16.0. The second-order valence-corrected chi connectivity index (χ2v) is 5.91. The Hall–Kier alpha value is -2.89. The number of hydrogen-bond acceptors (Lipinski definition) is 4. The lowest BCUT2D eigenvalue weighted by molar-refractivity contribution is -0.385. The van der Waals surface area contributed by atoms with Crippen LogP contribution in [0.25, 0.3) is 0 Å². The molecule has 1 heterocycles. The van der Waals surface area contributed by atoms with Gasteiger partial charge in [0.15, 0.2) is 0 Å². The van der Waals surface area contributed by atoms with Gasteiger partial charge in [-0.2, -0.15) is 0 Å². The summed E-state index contributed by atoms with van der Waals surface area (Å²) in [5.41, 5.74) is 2.68. The van der Waals surface area contributed by atoms with Crippen LogP contribution in [0, 0.1) is 24.0 Å². The molecular weight excluding hydrogens is 308 g/mol. The molecule has 6 heteroatoms. The minimum Gasteiger partial charge on any atom is -0.493 e. The molecule has 1 amide bonds. The van der Waals surface area contributed by atoms with E-state index >= 15 is 0 Å². The van der Waals surface area contributed by atoms with E-state index < -0.39 is 4.92 Å². The molecule has 0 aliphatic carbocycles. The first-order valence-corrected chi connectivity index (χ1v) is 7.75. The van der Waals surface area contributed by atoms with E-state index in [9.17, 15) is 14.9 Å². The number of amides is 1. The summed E-state index contributed by atoms with van der Waals surface area (Å²) in [5, 5.41) is 14.0. The number of rotatable bonds is 3. The van der Waals surface area contributed by atoms with Crippen molar-refractivity contribution in [2.45, 2.75) is 26.3 Å². The fourth-order valence-corrected chi connectivity index (χ4v) is 2.97. The van der Waals surface area contributed by atoms with Crippen LogP contribution in [0.3, 0.4) is 0 Å². The van der Waals surface area contributed by atoms with Crippen LogP contribution in [0.15, 0.2) is 36.4 Å². The molecule has 0 fully saturated rings. The number of nitrogens with zero attached hydrogens (tertiary/aromatic N) is 1. The number of carbonyl (C=O) groups is 1. The highest BCUT2D eigenvalue weighted by Crippen LogP contribution is 2.33. The quantitative estimate of drug-likeness (QED) is 0.692. The Balaban J connectivity index is 1.88. The number of hydrogen-bond donors (Lipinski definition) is 1. The standard InChI is InChI=1S/C18H18N2O4/c1-11-6-7-17-14(10-11)15(8-9-24-17)19-18(21)13-4-3-5-16(12(13)2)20(22)23/h3-7,10,15H,8-9H2,1-2H3,(H,19,21). The summed E-state index contributed by atoms with van der Waals surface area (Å²) >= 11 is 0. The molecule has 2 aromatic carbocycles. The van der Waals surface area contributed by atoms with Crippen molar-refractivity contribution in [1.29, 1.82) is 0 Å². The molecule has 124 valence electrons. The van der Waals surface area contributed by atoms with Crippen molar-refractivity contribution in [3.05, 3.63) is 68.8 Å². The van der Waals surface area contributed by atoms with Gasteiger partial charge in [0.05, 0.1) is 17.6 Å². The maximum Gasteiger partial charge on any atom is 0.273 e. The Kier molecular flexibility index (Phi) is 4.20. The third kappa shape index (κ3) is 2.95. The van der Waals surface area contributed by atoms with Gasteiger partial charge in [-0.3, -0.25) is 14.9 Å². The highest BCUT2D eigenvalue weighted by Gasteiger charge is 2.25. The molecule has 3 rings (SSSR count). The summed E-state index contributed by atoms with van der Waals surface area (Å²) in [4.78, 5) is 23.2. The zero-order valence-electron chi connectivity index (χ0n) is 13.5. The summed E-state index contributed by atoms with van der Waals surface area (Å²) in [6.07, 6.45) is 0.663. The van der Waals surface area contributed by atoms with Gasteiger partial charge in [0, 0.05) is 29.2 Å². The fourth-order valence-electron chi connectivity index (χ4n) is 2.97. The molecule has 0 saturated heterocycles. The minimum absolute atomic E-state index is 0.0501. The molecule has 0 saturated carbocycles. The van der Waals surface area contributed by atoms with Crippen LogP contribution in [-0.2, 0) is 0 Å². The highest BCUT2D eigenvalue weighted by atomic mass is 16.6. The van der Waals surface area contributed by atoms with Crippen molar-refractivity contribution in [1.82, 2.24) is 5.32 Å². The fraction of sp³-hybridized carbons (Fsp3) is 0.278. The number of ether oxygens (including phenoxy) is 1. The molecule has 2 aromatic rings. The van der Waals surface area contributed by atoms with Crippen molar-refractivity contribution in [2.24, 2.45) is 0 Å². The predicted octanol–water partition coefficient (Wildman–Crippen LogP) is 3.47. The van der Waals surface area contributed by atoms with E-state index in [4.69, 9.17) is 4.74 Å². The predicted molar refractivity (Wildman–Crippen MR) is 89.3 cm³/mol. The van der Waals surface area contributed by atoms with Gasteiger partial charge in [-0.25, -0.2) is 0 Å². The van der Waals surface area contributed by atoms with Crippen molar-refractivity contribution in [3.63, 3.8) is 0 Å². The van der Waals surface area contributed by atoms with E-state index in [1.807, 2.05) is 25.1 Å². The van der Waals surface area contributed by atoms with Crippen LogP contribution in [-0.4, -0.2) is 17.4 Å². The van der Waals surface area contributed by atoms with Gasteiger partial charge >= 0.3 is 0 Å². The van der Waals surface area contributed by atoms with Gasteiger partial charge in [0.2, 0.25) is 0 Å². The lowest BCUT2D eigenvalue weighted by atomic mass is 9.97. The molecule has 1 atom stereocenters. The van der Waals surface area contributed by atoms with Gasteiger partial charge in [0.25, 0.3) is 11.6 Å². The average Bonchev–Trinajstić information content (AvgIpc) is 2.55. The molecule has 6 nitrogen and oxygen atoms in total. The number of nitro groups is 1. The third-order valence-corrected chi connectivity index (χ3v) is 4.26. The van der Waals surface area contributed by atoms with Gasteiger partial charge in [-0.1, -0.05) is 23.8 Å². The van der Waals surface area contributed by atoms with Gasteiger partial charge in [-0.05, 0) is 26.0 Å². The van der Waals surface area contributed by atoms with Crippen molar-refractivity contribution >= 4 is 11.6 Å². The van der Waals surface area contributed by atoms with E-state index in [0.717, 1.165) is 16.9 Å². The maximum absolute atomic E-state index is 12.6. The van der Waals surface area contributed by atoms with Gasteiger partial charge < -0.3 is 10.1 Å². The molecule has 1 unspecified atom stereocenters. The summed E-state index contributed by atoms with van der Waals surface area (Å²) in [7, 11) is 0. The molecule has 0 aromatic heterocycles. The number of fused-ring (bicyclic) bond motifs is 1. The zero-order chi connectivity index (χ0) is 17.3. The smallest absolute Gasteiger partial charge is 0.273 e. The Labute approximate surface area is 139 Å². The van der Waals surface area contributed by atoms with Crippen molar-refractivity contribution < 1.29 is 14.5 Å². The third-order valence-electron chi connectivity index (χ3n) is 4.26. The Bertz CT molecular complexity index is 817. The first-order chi connectivity index (χ1) is 11.5. The molecule has 1 aliphatic rings. The second-order valence-electron chi connectivity index (χ2n) is 5.91. The number of nitrogens with one attached hydrogen (secondary N) is 1. The molecule has 0 bridgehead atoms. The van der Waals surface area contributed by atoms with Crippen LogP contribution in [0.5, 0.6) is 5.75 Å². The molecular formula is C18H18N2O4. The van der Waals surface area contributed by atoms with Crippen LogP contribution in [0.1, 0.15) is 39.5 Å². The summed E-state index contributed by atoms with van der Waals surface area (Å²) in [5.74, 6) is 0.462. The molecule has 1 aliphatic heterocycles. The topological polar surface area (TPSA) is 81.5 Å². The summed E-state index contributed by atoms with van der Waals surface area (Å²) < 4.78 is 5.63. The minimum atomic E-state index is -0.473. The van der Waals surface area contributed by atoms with E-state index in [2.05, 4.69) is 5.32 Å². The van der Waals surface area contributed by atoms with E-state index in [-0.39, 0.29) is 17.6 Å². The van der Waals surface area contributed by atoms with Crippen LogP contribution < -0.4 is 10.1 Å². The second kappa shape index (κ2) is 6.31. The zero-order valence-corrected chi connectivity index (χ0v) is 13.5. The van der Waals surface area contributed by atoms with Gasteiger partial charge in [-0.15, -0.1) is 0 Å². The monoisotopic (exact) mass is 326 g/mol. The van der Waals surface area contributed by atoms with Crippen LogP contribution >= 0.6 is 0 Å². The molecule has 0 radical (unpaired) electrons. The van der Waals surface area contributed by atoms with E-state index in [0.29, 0.717) is 24.2 Å². The highest BCUT2D eigenvalue weighted by molar-refractivity contribution is 5.96. The summed E-state index contributed by atoms with van der Waals surface area (Å²) in [6, 6.07) is 10.2.